The smallest absolute Gasteiger partial charge is 0.185 e. The number of aliphatic hydroxyl groups excluding tert-OH is 1. The number of hydrogen-bond donors (Lipinski definition) is 1. The molecule has 2 heteroatoms. The molecule has 2 aromatic rings. The van der Waals surface area contributed by atoms with E-state index < -0.39 is 6.10 Å². The quantitative estimate of drug-likeness (QED) is 0.852. The van der Waals surface area contributed by atoms with Crippen LogP contribution in [0.15, 0.2) is 71.8 Å². The summed E-state index contributed by atoms with van der Waals surface area (Å²) in [6.45, 7) is 0. The maximum absolute atomic E-state index is 12.6. The van der Waals surface area contributed by atoms with Crippen LogP contribution >= 0.6 is 0 Å². The molecule has 0 aliphatic heterocycles. The maximum Gasteiger partial charge on any atom is 0.185 e. The molecule has 2 aromatic carbocycles. The van der Waals surface area contributed by atoms with Gasteiger partial charge in [0.1, 0.15) is 0 Å². The van der Waals surface area contributed by atoms with E-state index in [0.717, 1.165) is 11.1 Å². The number of hydrogen-bond acceptors (Lipinski definition) is 2. The zero-order valence-corrected chi connectivity index (χ0v) is 12.3. The van der Waals surface area contributed by atoms with Crippen LogP contribution in [0.4, 0.5) is 0 Å². The van der Waals surface area contributed by atoms with Crippen LogP contribution in [0.3, 0.4) is 0 Å². The lowest BCUT2D eigenvalue weighted by Crippen LogP contribution is -2.23. The van der Waals surface area contributed by atoms with Gasteiger partial charge in [-0.1, -0.05) is 60.7 Å². The van der Waals surface area contributed by atoms with E-state index in [4.69, 9.17) is 0 Å². The lowest BCUT2D eigenvalue weighted by atomic mass is 9.85. The molecule has 1 aliphatic rings. The Kier molecular flexibility index (Phi) is 4.31. The third-order valence-electron chi connectivity index (χ3n) is 3.78. The molecule has 1 saturated carbocycles. The summed E-state index contributed by atoms with van der Waals surface area (Å²) >= 11 is 0. The van der Waals surface area contributed by atoms with Gasteiger partial charge in [-0.15, -0.1) is 0 Å². The topological polar surface area (TPSA) is 37.3 Å². The fraction of sp³-hybridized carbons (Fsp3) is 0.150. The van der Waals surface area contributed by atoms with Crippen LogP contribution in [0.1, 0.15) is 24.0 Å². The van der Waals surface area contributed by atoms with Crippen LogP contribution in [0.5, 0.6) is 0 Å². The Balaban J connectivity index is 1.92. The summed E-state index contributed by atoms with van der Waals surface area (Å²) in [7, 11) is 0. The molecule has 1 aliphatic carbocycles. The first-order valence-electron chi connectivity index (χ1n) is 7.46. The van der Waals surface area contributed by atoms with Crippen molar-refractivity contribution in [3.05, 3.63) is 82.9 Å². The normalized spacial score (nSPS) is 22.2. The average Bonchev–Trinajstić information content (AvgIpc) is 2.54. The number of Topliss-reactive ketones (excluding diaryl/α,β-unsaturated/α-hetero) is 1. The van der Waals surface area contributed by atoms with Gasteiger partial charge in [0.15, 0.2) is 5.78 Å². The lowest BCUT2D eigenvalue weighted by molar-refractivity contribution is -0.113. The fourth-order valence-corrected chi connectivity index (χ4v) is 2.72. The van der Waals surface area contributed by atoms with Gasteiger partial charge >= 0.3 is 0 Å². The van der Waals surface area contributed by atoms with Crippen LogP contribution in [0.2, 0.25) is 0 Å². The monoisotopic (exact) mass is 290 g/mol. The molecule has 0 amide bonds. The summed E-state index contributed by atoms with van der Waals surface area (Å²) in [5.41, 5.74) is 3.32. The Hall–Kier alpha value is -2.45. The van der Waals surface area contributed by atoms with E-state index in [1.54, 1.807) is 0 Å². The second-order valence-electron chi connectivity index (χ2n) is 5.55. The first kappa shape index (κ1) is 14.5. The SMILES string of the molecule is O=C1/C(=C/c2ccccc2)CC(O)C/C1=C\c1ccccc1. The van der Waals surface area contributed by atoms with Gasteiger partial charge in [-0.3, -0.25) is 4.79 Å². The predicted molar refractivity (Wildman–Crippen MR) is 89.1 cm³/mol. The Labute approximate surface area is 130 Å². The molecule has 0 bridgehead atoms. The minimum atomic E-state index is -0.498. The van der Waals surface area contributed by atoms with Gasteiger partial charge < -0.3 is 5.11 Å². The van der Waals surface area contributed by atoms with E-state index in [1.165, 1.54) is 0 Å². The summed E-state index contributed by atoms with van der Waals surface area (Å²) in [6.07, 6.45) is 4.09. The highest BCUT2D eigenvalue weighted by molar-refractivity contribution is 6.14. The van der Waals surface area contributed by atoms with Crippen molar-refractivity contribution in [3.63, 3.8) is 0 Å². The van der Waals surface area contributed by atoms with Gasteiger partial charge in [0.2, 0.25) is 0 Å². The lowest BCUT2D eigenvalue weighted by Gasteiger charge is -2.21. The Morgan fingerprint density at radius 3 is 1.59 bits per heavy atom. The summed E-state index contributed by atoms with van der Waals surface area (Å²) in [5, 5.41) is 10.1. The standard InChI is InChI=1S/C20H18O2/c21-19-13-17(11-15-7-3-1-4-8-15)20(22)18(14-19)12-16-9-5-2-6-10-16/h1-12,19,21H,13-14H2/b17-11+,18-12+. The predicted octanol–water partition coefficient (Wildman–Crippen LogP) is 3.88. The van der Waals surface area contributed by atoms with Crippen LogP contribution in [-0.4, -0.2) is 17.0 Å². The van der Waals surface area contributed by atoms with Crippen molar-refractivity contribution in [3.8, 4) is 0 Å². The Morgan fingerprint density at radius 1 is 0.773 bits per heavy atom. The van der Waals surface area contributed by atoms with Gasteiger partial charge in [0, 0.05) is 24.0 Å². The minimum absolute atomic E-state index is 0.0398. The summed E-state index contributed by atoms with van der Waals surface area (Å²) < 4.78 is 0. The maximum atomic E-state index is 12.6. The zero-order valence-electron chi connectivity index (χ0n) is 12.3. The number of carbonyl (C=O) groups excluding carboxylic acids is 1. The molecule has 3 rings (SSSR count). The minimum Gasteiger partial charge on any atom is -0.392 e. The molecule has 0 spiro atoms. The molecule has 1 fully saturated rings. The van der Waals surface area contributed by atoms with Crippen molar-refractivity contribution in [1.29, 1.82) is 0 Å². The third kappa shape index (κ3) is 3.41. The molecule has 22 heavy (non-hydrogen) atoms. The molecule has 0 saturated heterocycles. The van der Waals surface area contributed by atoms with Crippen molar-refractivity contribution in [2.45, 2.75) is 18.9 Å². The van der Waals surface area contributed by atoms with E-state index in [9.17, 15) is 9.90 Å². The van der Waals surface area contributed by atoms with E-state index in [1.807, 2.05) is 72.8 Å². The van der Waals surface area contributed by atoms with Gasteiger partial charge in [-0.2, -0.15) is 0 Å². The molecule has 1 N–H and O–H groups in total. The van der Waals surface area contributed by atoms with Gasteiger partial charge in [0.05, 0.1) is 6.10 Å². The number of ketones is 1. The van der Waals surface area contributed by atoms with E-state index in [2.05, 4.69) is 0 Å². The molecule has 110 valence electrons. The first-order chi connectivity index (χ1) is 10.7. The van der Waals surface area contributed by atoms with Crippen LogP contribution in [0.25, 0.3) is 12.2 Å². The molecule has 2 nitrogen and oxygen atoms in total. The molecule has 0 radical (unpaired) electrons. The Morgan fingerprint density at radius 2 is 1.18 bits per heavy atom. The number of carbonyl (C=O) groups is 1. The molecule has 0 atom stereocenters. The van der Waals surface area contributed by atoms with Crippen LogP contribution in [0, 0.1) is 0 Å². The van der Waals surface area contributed by atoms with Crippen molar-refractivity contribution >= 4 is 17.9 Å². The summed E-state index contributed by atoms with van der Waals surface area (Å²) in [4.78, 5) is 12.6. The number of rotatable bonds is 2. The molecular formula is C20H18O2. The van der Waals surface area contributed by atoms with Crippen molar-refractivity contribution in [1.82, 2.24) is 0 Å². The van der Waals surface area contributed by atoms with Crippen molar-refractivity contribution in [2.75, 3.05) is 0 Å². The highest BCUT2D eigenvalue weighted by Crippen LogP contribution is 2.28. The van der Waals surface area contributed by atoms with Crippen LogP contribution < -0.4 is 0 Å². The zero-order chi connectivity index (χ0) is 15.4. The highest BCUT2D eigenvalue weighted by atomic mass is 16.3. The van der Waals surface area contributed by atoms with Gasteiger partial charge in [0.25, 0.3) is 0 Å². The summed E-state index contributed by atoms with van der Waals surface area (Å²) in [5.74, 6) is 0.0398. The van der Waals surface area contributed by atoms with Gasteiger partial charge in [-0.05, 0) is 23.3 Å². The largest absolute Gasteiger partial charge is 0.392 e. The number of aliphatic hydroxyl groups is 1. The summed E-state index contributed by atoms with van der Waals surface area (Å²) in [6, 6.07) is 19.5. The molecule has 0 heterocycles. The molecule has 0 unspecified atom stereocenters. The number of benzene rings is 2. The second kappa shape index (κ2) is 6.54. The third-order valence-corrected chi connectivity index (χ3v) is 3.78. The fourth-order valence-electron chi connectivity index (χ4n) is 2.72. The second-order valence-corrected chi connectivity index (χ2v) is 5.55. The van der Waals surface area contributed by atoms with E-state index >= 15 is 0 Å². The highest BCUT2D eigenvalue weighted by Gasteiger charge is 2.26. The Bertz CT molecular complexity index is 650. The van der Waals surface area contributed by atoms with E-state index in [-0.39, 0.29) is 5.78 Å². The van der Waals surface area contributed by atoms with Crippen molar-refractivity contribution < 1.29 is 9.90 Å². The van der Waals surface area contributed by atoms with E-state index in [0.29, 0.717) is 24.0 Å². The molecule has 0 aromatic heterocycles. The van der Waals surface area contributed by atoms with Crippen molar-refractivity contribution in [2.24, 2.45) is 0 Å². The first-order valence-corrected chi connectivity index (χ1v) is 7.46. The average molecular weight is 290 g/mol. The van der Waals surface area contributed by atoms with Crippen LogP contribution in [-0.2, 0) is 4.79 Å². The van der Waals surface area contributed by atoms with Gasteiger partial charge in [-0.25, -0.2) is 0 Å². The molecular weight excluding hydrogens is 272 g/mol.